The van der Waals surface area contributed by atoms with Crippen molar-refractivity contribution >= 4 is 32.5 Å². The zero-order valence-corrected chi connectivity index (χ0v) is 19.3. The fourth-order valence-electron chi connectivity index (χ4n) is 3.97. The van der Waals surface area contributed by atoms with Gasteiger partial charge in [-0.05, 0) is 68.1 Å². The monoisotopic (exact) mass is 470 g/mol. The van der Waals surface area contributed by atoms with E-state index in [-0.39, 0.29) is 22.5 Å². The van der Waals surface area contributed by atoms with E-state index in [1.807, 2.05) is 0 Å². The fraction of sp³-hybridized carbons (Fsp3) is 0.348. The van der Waals surface area contributed by atoms with Crippen molar-refractivity contribution in [2.24, 2.45) is 5.92 Å². The third-order valence-corrected chi connectivity index (χ3v) is 7.97. The van der Waals surface area contributed by atoms with Gasteiger partial charge in [0.25, 0.3) is 11.5 Å². The Hall–Kier alpha value is -3.24. The van der Waals surface area contributed by atoms with E-state index in [2.05, 4.69) is 17.2 Å². The second-order valence-electron chi connectivity index (χ2n) is 8.31. The largest absolute Gasteiger partial charge is 0.328 e. The smallest absolute Gasteiger partial charge is 0.322 e. The molecule has 2 aromatic carbocycles. The molecule has 33 heavy (non-hydrogen) atoms. The van der Waals surface area contributed by atoms with E-state index in [0.29, 0.717) is 30.1 Å². The van der Waals surface area contributed by atoms with Crippen LogP contribution < -0.4 is 16.6 Å². The number of sulfonamides is 1. The predicted octanol–water partition coefficient (Wildman–Crippen LogP) is 2.38. The number of amides is 1. The van der Waals surface area contributed by atoms with E-state index in [4.69, 9.17) is 0 Å². The molecule has 2 N–H and O–H groups in total. The molecule has 1 amide bonds. The maximum absolute atomic E-state index is 12.9. The highest BCUT2D eigenvalue weighted by molar-refractivity contribution is 7.89. The van der Waals surface area contributed by atoms with E-state index in [0.717, 1.165) is 17.4 Å². The summed E-state index contributed by atoms with van der Waals surface area (Å²) in [6.45, 7) is 5.09. The number of benzene rings is 2. The summed E-state index contributed by atoms with van der Waals surface area (Å²) in [6, 6.07) is 10.5. The van der Waals surface area contributed by atoms with E-state index in [9.17, 15) is 22.8 Å². The van der Waals surface area contributed by atoms with Gasteiger partial charge in [0.15, 0.2) is 0 Å². The number of aromatic nitrogens is 2. The number of nitrogens with one attached hydrogen (secondary N) is 2. The van der Waals surface area contributed by atoms with Gasteiger partial charge >= 0.3 is 5.69 Å². The molecule has 0 atom stereocenters. The van der Waals surface area contributed by atoms with Crippen molar-refractivity contribution in [3.63, 3.8) is 0 Å². The van der Waals surface area contributed by atoms with Gasteiger partial charge in [-0.3, -0.25) is 14.2 Å². The summed E-state index contributed by atoms with van der Waals surface area (Å²) in [5.41, 5.74) is 0.0162. The number of nitrogens with zero attached hydrogens (tertiary/aromatic N) is 2. The van der Waals surface area contributed by atoms with Crippen LogP contribution in [0.25, 0.3) is 10.9 Å². The van der Waals surface area contributed by atoms with Crippen molar-refractivity contribution in [1.29, 1.82) is 0 Å². The van der Waals surface area contributed by atoms with Crippen LogP contribution >= 0.6 is 0 Å². The molecular weight excluding hydrogens is 444 g/mol. The number of aromatic amines is 1. The third kappa shape index (κ3) is 4.49. The van der Waals surface area contributed by atoms with Crippen molar-refractivity contribution in [2.45, 2.75) is 38.1 Å². The molecule has 0 aliphatic carbocycles. The van der Waals surface area contributed by atoms with Crippen LogP contribution in [0.5, 0.6) is 0 Å². The minimum Gasteiger partial charge on any atom is -0.322 e. The molecule has 174 valence electrons. The van der Waals surface area contributed by atoms with Gasteiger partial charge in [0.05, 0.1) is 15.8 Å². The van der Waals surface area contributed by atoms with E-state index in [1.165, 1.54) is 34.6 Å². The van der Waals surface area contributed by atoms with Gasteiger partial charge in [-0.15, -0.1) is 0 Å². The Balaban J connectivity index is 1.52. The summed E-state index contributed by atoms with van der Waals surface area (Å²) in [6.07, 6.45) is 1.69. The van der Waals surface area contributed by atoms with Gasteiger partial charge in [-0.1, -0.05) is 6.92 Å². The second-order valence-corrected chi connectivity index (χ2v) is 10.2. The van der Waals surface area contributed by atoms with Gasteiger partial charge in [0, 0.05) is 30.9 Å². The van der Waals surface area contributed by atoms with Crippen LogP contribution in [0.4, 0.5) is 5.69 Å². The molecule has 0 bridgehead atoms. The summed E-state index contributed by atoms with van der Waals surface area (Å²) in [4.78, 5) is 39.9. The number of H-pyrrole nitrogens is 1. The Morgan fingerprint density at radius 3 is 2.39 bits per heavy atom. The predicted molar refractivity (Wildman–Crippen MR) is 126 cm³/mol. The van der Waals surface area contributed by atoms with Crippen molar-refractivity contribution in [1.82, 2.24) is 13.9 Å². The first kappa shape index (κ1) is 22.9. The summed E-state index contributed by atoms with van der Waals surface area (Å²) >= 11 is 0. The number of rotatable bonds is 5. The lowest BCUT2D eigenvalue weighted by Gasteiger charge is -2.29. The van der Waals surface area contributed by atoms with E-state index < -0.39 is 27.2 Å². The Labute approximate surface area is 191 Å². The topological polar surface area (TPSA) is 121 Å². The highest BCUT2D eigenvalue weighted by Gasteiger charge is 2.28. The first-order chi connectivity index (χ1) is 15.7. The molecule has 1 aromatic heterocycles. The number of piperidine rings is 1. The maximum atomic E-state index is 12.9. The van der Waals surface area contributed by atoms with E-state index in [1.54, 1.807) is 19.1 Å². The molecule has 3 aromatic rings. The molecule has 0 spiro atoms. The second kappa shape index (κ2) is 8.95. The molecule has 0 unspecified atom stereocenters. The van der Waals surface area contributed by atoms with Gasteiger partial charge in [0.2, 0.25) is 10.0 Å². The molecule has 9 nitrogen and oxygen atoms in total. The molecule has 10 heteroatoms. The summed E-state index contributed by atoms with van der Waals surface area (Å²) in [5.74, 6) is 0.0766. The normalized spacial score (nSPS) is 15.6. The first-order valence-corrected chi connectivity index (χ1v) is 12.3. The molecule has 0 radical (unpaired) electrons. The van der Waals surface area contributed by atoms with Crippen LogP contribution in [0.2, 0.25) is 0 Å². The number of hydrogen-bond acceptors (Lipinski definition) is 5. The average Bonchev–Trinajstić information content (AvgIpc) is 2.79. The van der Waals surface area contributed by atoms with Crippen LogP contribution in [-0.2, 0) is 16.6 Å². The van der Waals surface area contributed by atoms with Crippen LogP contribution in [0.3, 0.4) is 0 Å². The number of hydrogen-bond donors (Lipinski definition) is 2. The molecule has 1 fully saturated rings. The van der Waals surface area contributed by atoms with Crippen molar-refractivity contribution in [3.05, 3.63) is 68.9 Å². The zero-order chi connectivity index (χ0) is 23.8. The Bertz CT molecular complexity index is 1420. The summed E-state index contributed by atoms with van der Waals surface area (Å²) in [5, 5.41) is 3.03. The highest BCUT2D eigenvalue weighted by atomic mass is 32.2. The van der Waals surface area contributed by atoms with Crippen molar-refractivity contribution in [2.75, 3.05) is 18.4 Å². The summed E-state index contributed by atoms with van der Waals surface area (Å²) < 4.78 is 28.3. The molecule has 1 aliphatic rings. The quantitative estimate of drug-likeness (QED) is 0.593. The molecule has 2 heterocycles. The van der Waals surface area contributed by atoms with Crippen molar-refractivity contribution in [3.8, 4) is 0 Å². The lowest BCUT2D eigenvalue weighted by atomic mass is 10.0. The highest BCUT2D eigenvalue weighted by Crippen LogP contribution is 2.24. The van der Waals surface area contributed by atoms with E-state index >= 15 is 0 Å². The fourth-order valence-corrected chi connectivity index (χ4v) is 5.44. The SMILES string of the molecule is CCn1c(=O)[nH]c2cc(C(=O)Nc3ccc(S(=O)(=O)N4CCC(C)CC4)cc3)ccc2c1=O. The van der Waals surface area contributed by atoms with Gasteiger partial charge in [-0.2, -0.15) is 4.31 Å². The van der Waals surface area contributed by atoms with Crippen LogP contribution in [0, 0.1) is 5.92 Å². The molecule has 0 saturated carbocycles. The Morgan fingerprint density at radius 1 is 1.09 bits per heavy atom. The lowest BCUT2D eigenvalue weighted by molar-refractivity contribution is 0.102. The number of carbonyl (C=O) groups is 1. The average molecular weight is 471 g/mol. The van der Waals surface area contributed by atoms with Crippen LogP contribution in [0.1, 0.15) is 37.0 Å². The zero-order valence-electron chi connectivity index (χ0n) is 18.5. The third-order valence-electron chi connectivity index (χ3n) is 6.05. The minimum absolute atomic E-state index is 0.186. The maximum Gasteiger partial charge on any atom is 0.328 e. The van der Waals surface area contributed by atoms with Gasteiger partial charge in [-0.25, -0.2) is 13.2 Å². The summed E-state index contributed by atoms with van der Waals surface area (Å²) in [7, 11) is -3.57. The van der Waals surface area contributed by atoms with Crippen LogP contribution in [0.15, 0.2) is 56.9 Å². The molecule has 1 aliphatic heterocycles. The van der Waals surface area contributed by atoms with Gasteiger partial charge in [0.1, 0.15) is 0 Å². The molecular formula is C23H26N4O5S. The lowest BCUT2D eigenvalue weighted by Crippen LogP contribution is -2.37. The van der Waals surface area contributed by atoms with Crippen molar-refractivity contribution < 1.29 is 13.2 Å². The minimum atomic E-state index is -3.57. The molecule has 1 saturated heterocycles. The number of anilines is 1. The molecule has 4 rings (SSSR count). The number of carbonyl (C=O) groups excluding carboxylic acids is 1. The Morgan fingerprint density at radius 2 is 1.76 bits per heavy atom. The Kier molecular flexibility index (Phi) is 6.22. The number of fused-ring (bicyclic) bond motifs is 1. The van der Waals surface area contributed by atoms with Gasteiger partial charge < -0.3 is 10.3 Å². The van der Waals surface area contributed by atoms with Crippen LogP contribution in [-0.4, -0.2) is 41.3 Å². The standard InChI is InChI=1S/C23H26N4O5S/c1-3-27-22(29)19-9-4-16(14-20(19)25-23(27)30)21(28)24-17-5-7-18(8-6-17)33(31,32)26-12-10-15(2)11-13-26/h4-9,14-15H,3,10-13H2,1-2H3,(H,24,28)(H,25,30). The first-order valence-electron chi connectivity index (χ1n) is 10.9.